The molecule has 0 unspecified atom stereocenters. The monoisotopic (exact) mass is 555 g/mol. The predicted octanol–water partition coefficient (Wildman–Crippen LogP) is 9.09. The van der Waals surface area contributed by atoms with Gasteiger partial charge in [0, 0.05) is 40.5 Å². The molecule has 0 N–H and O–H groups in total. The molecule has 0 spiro atoms. The van der Waals surface area contributed by atoms with E-state index in [9.17, 15) is 5.26 Å². The molecule has 5 aromatic carbocycles. The van der Waals surface area contributed by atoms with Crippen molar-refractivity contribution in [3.05, 3.63) is 145 Å². The van der Waals surface area contributed by atoms with Gasteiger partial charge in [0.15, 0.2) is 0 Å². The fourth-order valence-corrected chi connectivity index (χ4v) is 5.98. The van der Waals surface area contributed by atoms with E-state index >= 15 is 0 Å². The van der Waals surface area contributed by atoms with Gasteiger partial charge in [0.1, 0.15) is 24.0 Å². The number of anilines is 4. The smallest absolute Gasteiger partial charge is 0.137 e. The second kappa shape index (κ2) is 10.1. The van der Waals surface area contributed by atoms with Crippen LogP contribution in [0.25, 0.3) is 27.6 Å². The number of para-hydroxylation sites is 3. The largest absolute Gasteiger partial charge is 0.457 e. The number of benzene rings is 5. The lowest BCUT2D eigenvalue weighted by Crippen LogP contribution is -2.23. The first-order chi connectivity index (χ1) is 21.3. The number of rotatable bonds is 5. The highest BCUT2D eigenvalue weighted by Gasteiger charge is 2.27. The first-order valence-corrected chi connectivity index (χ1v) is 14.1. The van der Waals surface area contributed by atoms with E-state index in [0.29, 0.717) is 12.2 Å². The molecule has 43 heavy (non-hydrogen) atoms. The van der Waals surface area contributed by atoms with Crippen LogP contribution in [0.5, 0.6) is 11.5 Å². The molecule has 1 aliphatic rings. The van der Waals surface area contributed by atoms with Gasteiger partial charge in [-0.05, 0) is 78.9 Å². The summed E-state index contributed by atoms with van der Waals surface area (Å²) in [7, 11) is 0. The van der Waals surface area contributed by atoms with Gasteiger partial charge in [0.2, 0.25) is 0 Å². The van der Waals surface area contributed by atoms with Gasteiger partial charge in [-0.2, -0.15) is 5.26 Å². The Morgan fingerprint density at radius 3 is 2.14 bits per heavy atom. The number of aromatic nitrogens is 2. The van der Waals surface area contributed by atoms with Gasteiger partial charge >= 0.3 is 0 Å². The summed E-state index contributed by atoms with van der Waals surface area (Å²) in [6.45, 7) is 0.702. The van der Waals surface area contributed by atoms with Crippen LogP contribution in [-0.4, -0.2) is 16.2 Å². The first-order valence-electron chi connectivity index (χ1n) is 14.1. The normalized spacial score (nSPS) is 12.4. The fraction of sp³-hybridized carbons (Fsp3) is 0.0270. The van der Waals surface area contributed by atoms with Crippen LogP contribution in [0.3, 0.4) is 0 Å². The van der Waals surface area contributed by atoms with Crippen molar-refractivity contribution >= 4 is 44.6 Å². The molecule has 0 saturated heterocycles. The maximum Gasteiger partial charge on any atom is 0.137 e. The van der Waals surface area contributed by atoms with Crippen LogP contribution in [0, 0.1) is 11.3 Å². The highest BCUT2D eigenvalue weighted by atomic mass is 16.5. The second-order valence-corrected chi connectivity index (χ2v) is 10.5. The molecule has 0 aliphatic carbocycles. The van der Waals surface area contributed by atoms with E-state index < -0.39 is 0 Å². The Balaban J connectivity index is 1.17. The predicted molar refractivity (Wildman–Crippen MR) is 172 cm³/mol. The van der Waals surface area contributed by atoms with E-state index in [1.807, 2.05) is 66.7 Å². The van der Waals surface area contributed by atoms with Crippen LogP contribution in [0.1, 0.15) is 5.56 Å². The van der Waals surface area contributed by atoms with Crippen molar-refractivity contribution in [3.63, 3.8) is 0 Å². The summed E-state index contributed by atoms with van der Waals surface area (Å²) >= 11 is 0. The van der Waals surface area contributed by atoms with Gasteiger partial charge in [-0.15, -0.1) is 0 Å². The van der Waals surface area contributed by atoms with Crippen molar-refractivity contribution in [3.8, 4) is 23.4 Å². The van der Waals surface area contributed by atoms with Gasteiger partial charge in [0.05, 0.1) is 34.0 Å². The van der Waals surface area contributed by atoms with Crippen LogP contribution in [-0.2, 0) is 0 Å². The van der Waals surface area contributed by atoms with Gasteiger partial charge in [-0.1, -0.05) is 42.5 Å². The van der Waals surface area contributed by atoms with E-state index in [0.717, 1.165) is 56.2 Å². The third-order valence-electron chi connectivity index (χ3n) is 7.92. The summed E-state index contributed by atoms with van der Waals surface area (Å²) in [6, 6.07) is 47.2. The number of nitrogens with zero attached hydrogens (tertiary/aromatic N) is 5. The fourth-order valence-electron chi connectivity index (χ4n) is 5.98. The summed E-state index contributed by atoms with van der Waals surface area (Å²) in [5, 5.41) is 11.6. The number of ether oxygens (including phenoxy) is 1. The molecule has 8 rings (SSSR count). The molecule has 0 saturated carbocycles. The van der Waals surface area contributed by atoms with Crippen molar-refractivity contribution in [2.45, 2.75) is 0 Å². The van der Waals surface area contributed by atoms with Crippen molar-refractivity contribution < 1.29 is 4.74 Å². The van der Waals surface area contributed by atoms with Crippen molar-refractivity contribution in [1.82, 2.24) is 9.55 Å². The van der Waals surface area contributed by atoms with Crippen LogP contribution < -0.4 is 14.5 Å². The molecule has 6 heteroatoms. The second-order valence-electron chi connectivity index (χ2n) is 10.5. The number of pyridine rings is 1. The summed E-state index contributed by atoms with van der Waals surface area (Å²) in [5.41, 5.74) is 7.11. The van der Waals surface area contributed by atoms with Crippen LogP contribution in [0.4, 0.5) is 22.7 Å². The first kappa shape index (κ1) is 24.7. The molecule has 0 radical (unpaired) electrons. The van der Waals surface area contributed by atoms with Gasteiger partial charge in [-0.25, -0.2) is 4.98 Å². The van der Waals surface area contributed by atoms with Gasteiger partial charge < -0.3 is 14.5 Å². The molecule has 7 aromatic rings. The maximum absolute atomic E-state index is 9.53. The Morgan fingerprint density at radius 1 is 0.605 bits per heavy atom. The van der Waals surface area contributed by atoms with Gasteiger partial charge in [0.25, 0.3) is 0 Å². The molecule has 204 valence electrons. The zero-order valence-electron chi connectivity index (χ0n) is 23.1. The number of fused-ring (bicyclic) bond motifs is 4. The molecular formula is C37H25N5O. The Morgan fingerprint density at radius 2 is 1.35 bits per heavy atom. The average molecular weight is 556 g/mol. The SMILES string of the molecule is N#Cc1ccc2c(c1)c1ccc(Oc3cccc(N4CN(c5ccccc5)c5ccccc54)c3)cc1n2-c1ccccn1. The molecular weight excluding hydrogens is 530 g/mol. The van der Waals surface area contributed by atoms with Gasteiger partial charge in [-0.3, -0.25) is 4.57 Å². The summed E-state index contributed by atoms with van der Waals surface area (Å²) in [5.74, 6) is 2.28. The minimum atomic E-state index is 0.624. The molecule has 0 atom stereocenters. The van der Waals surface area contributed by atoms with Crippen LogP contribution in [0.2, 0.25) is 0 Å². The Bertz CT molecular complexity index is 2170. The molecule has 0 bridgehead atoms. The molecule has 1 aliphatic heterocycles. The van der Waals surface area contributed by atoms with E-state index in [4.69, 9.17) is 4.74 Å². The van der Waals surface area contributed by atoms with Crippen LogP contribution >= 0.6 is 0 Å². The lowest BCUT2D eigenvalue weighted by atomic mass is 10.1. The Hall–Kier alpha value is -6.06. The van der Waals surface area contributed by atoms with Crippen molar-refractivity contribution in [1.29, 1.82) is 5.26 Å². The minimum absolute atomic E-state index is 0.624. The lowest BCUT2D eigenvalue weighted by Gasteiger charge is -2.22. The topological polar surface area (TPSA) is 57.3 Å². The molecule has 2 aromatic heterocycles. The molecule has 0 fully saturated rings. The number of nitriles is 1. The maximum atomic E-state index is 9.53. The number of hydrogen-bond donors (Lipinski definition) is 0. The summed E-state index contributed by atoms with van der Waals surface area (Å²) < 4.78 is 8.61. The molecule has 0 amide bonds. The standard InChI is InChI=1S/C37H25N5O/c38-24-26-16-19-33-32(21-26)31-18-17-30(23-36(31)42(33)37-15-6-7-20-39-37)43-29-12-8-11-28(22-29)41-25-40(27-9-2-1-3-10-27)34-13-4-5-14-35(34)41/h1-23H,25H2. The zero-order valence-corrected chi connectivity index (χ0v) is 23.1. The van der Waals surface area contributed by atoms with Crippen molar-refractivity contribution in [2.24, 2.45) is 0 Å². The third-order valence-corrected chi connectivity index (χ3v) is 7.92. The third kappa shape index (κ3) is 4.23. The lowest BCUT2D eigenvalue weighted by molar-refractivity contribution is 0.483. The highest BCUT2D eigenvalue weighted by molar-refractivity contribution is 6.10. The van der Waals surface area contributed by atoms with E-state index in [2.05, 4.69) is 92.2 Å². The molecule has 3 heterocycles. The van der Waals surface area contributed by atoms with Crippen LogP contribution in [0.15, 0.2) is 140 Å². The van der Waals surface area contributed by atoms with Crippen molar-refractivity contribution in [2.75, 3.05) is 16.5 Å². The number of hydrogen-bond acceptors (Lipinski definition) is 5. The quantitative estimate of drug-likeness (QED) is 0.212. The Labute approximate surface area is 248 Å². The average Bonchev–Trinajstić information content (AvgIpc) is 3.61. The molecule has 6 nitrogen and oxygen atoms in total. The summed E-state index contributed by atoms with van der Waals surface area (Å²) in [6.07, 6.45) is 1.79. The Kier molecular flexibility index (Phi) is 5.80. The van der Waals surface area contributed by atoms with E-state index in [-0.39, 0.29) is 0 Å². The zero-order chi connectivity index (χ0) is 28.8. The minimum Gasteiger partial charge on any atom is -0.457 e. The van der Waals surface area contributed by atoms with E-state index in [1.165, 1.54) is 5.69 Å². The summed E-state index contributed by atoms with van der Waals surface area (Å²) in [4.78, 5) is 9.26. The highest BCUT2D eigenvalue weighted by Crippen LogP contribution is 2.44. The van der Waals surface area contributed by atoms with E-state index in [1.54, 1.807) is 6.20 Å².